The van der Waals surface area contributed by atoms with Crippen molar-refractivity contribution in [1.82, 2.24) is 34.0 Å². The molecule has 1 aliphatic rings. The Labute approximate surface area is 195 Å². The summed E-state index contributed by atoms with van der Waals surface area (Å²) >= 11 is 0. The highest BCUT2D eigenvalue weighted by atomic mass is 16.5. The molecule has 0 radical (unpaired) electrons. The van der Waals surface area contributed by atoms with Crippen LogP contribution < -0.4 is 11.5 Å². The third kappa shape index (κ3) is 3.70. The first-order chi connectivity index (χ1) is 16.3. The highest BCUT2D eigenvalue weighted by molar-refractivity contribution is 5.97. The second-order valence-corrected chi connectivity index (χ2v) is 8.81. The molecule has 1 fully saturated rings. The molecule has 4 heterocycles. The van der Waals surface area contributed by atoms with Crippen LogP contribution in [0, 0.1) is 0 Å². The predicted molar refractivity (Wildman–Crippen MR) is 126 cm³/mol. The van der Waals surface area contributed by atoms with Crippen LogP contribution in [0.4, 0.5) is 11.8 Å². The number of carbonyl (C=O) groups is 1. The van der Waals surface area contributed by atoms with Crippen molar-refractivity contribution in [2.45, 2.75) is 31.5 Å². The van der Waals surface area contributed by atoms with E-state index in [-0.39, 0.29) is 30.3 Å². The molecule has 2 atom stereocenters. The number of nitrogens with zero attached hydrogens (tertiary/aromatic N) is 7. The van der Waals surface area contributed by atoms with Crippen molar-refractivity contribution in [3.63, 3.8) is 0 Å². The van der Waals surface area contributed by atoms with Crippen molar-refractivity contribution in [3.8, 4) is 0 Å². The van der Waals surface area contributed by atoms with Crippen LogP contribution in [0.3, 0.4) is 0 Å². The number of rotatable bonds is 5. The number of piperidine rings is 1. The van der Waals surface area contributed by atoms with E-state index >= 15 is 0 Å². The van der Waals surface area contributed by atoms with Crippen LogP contribution >= 0.6 is 0 Å². The molecule has 1 saturated heterocycles. The SMILES string of the molecule is COCCn1cnc2cc(C(=O)N3CC[C@@H](n4cnc5c(N)nc(N)nc54)[C@](C)(O)C3)ccc21. The first-order valence-electron chi connectivity index (χ1n) is 11.0. The highest BCUT2D eigenvalue weighted by Gasteiger charge is 2.41. The van der Waals surface area contributed by atoms with Crippen LogP contribution in [-0.4, -0.2) is 77.4 Å². The lowest BCUT2D eigenvalue weighted by molar-refractivity contribution is -0.0479. The standard InChI is InChI=1S/C22H27N9O3/c1-22(33)10-29(6-5-16(22)31-12-26-17-18(23)27-21(24)28-19(17)31)20(32)13-3-4-15-14(9-13)25-11-30(15)7-8-34-2/h3-4,9,11-12,16,33H,5-8,10H2,1-2H3,(H4,23,24,27,28)/t16-,22-/m1/s1. The smallest absolute Gasteiger partial charge is 0.254 e. The van der Waals surface area contributed by atoms with E-state index in [9.17, 15) is 9.90 Å². The molecule has 0 saturated carbocycles. The first kappa shape index (κ1) is 22.0. The van der Waals surface area contributed by atoms with E-state index in [1.165, 1.54) is 0 Å². The van der Waals surface area contributed by atoms with Gasteiger partial charge in [0.05, 0.1) is 42.9 Å². The first-order valence-corrected chi connectivity index (χ1v) is 11.0. The summed E-state index contributed by atoms with van der Waals surface area (Å²) in [5, 5.41) is 11.4. The van der Waals surface area contributed by atoms with Gasteiger partial charge in [0.2, 0.25) is 5.95 Å². The molecule has 1 aliphatic heterocycles. The van der Waals surface area contributed by atoms with E-state index in [4.69, 9.17) is 16.2 Å². The molecule has 178 valence electrons. The Balaban J connectivity index is 1.37. The van der Waals surface area contributed by atoms with Gasteiger partial charge in [0.25, 0.3) is 5.91 Å². The summed E-state index contributed by atoms with van der Waals surface area (Å²) in [5.41, 5.74) is 13.6. The summed E-state index contributed by atoms with van der Waals surface area (Å²) in [7, 11) is 1.65. The number of carbonyl (C=O) groups excluding carboxylic acids is 1. The Morgan fingerprint density at radius 3 is 2.85 bits per heavy atom. The Bertz CT molecular complexity index is 1380. The summed E-state index contributed by atoms with van der Waals surface area (Å²) in [6.45, 7) is 3.56. The Morgan fingerprint density at radius 1 is 1.26 bits per heavy atom. The fourth-order valence-electron chi connectivity index (χ4n) is 4.70. The van der Waals surface area contributed by atoms with E-state index < -0.39 is 5.60 Å². The maximum absolute atomic E-state index is 13.3. The maximum Gasteiger partial charge on any atom is 0.254 e. The van der Waals surface area contributed by atoms with Gasteiger partial charge in [0.1, 0.15) is 11.1 Å². The van der Waals surface area contributed by atoms with E-state index in [2.05, 4.69) is 19.9 Å². The van der Waals surface area contributed by atoms with Gasteiger partial charge in [-0.25, -0.2) is 9.97 Å². The van der Waals surface area contributed by atoms with E-state index in [1.807, 2.05) is 10.6 Å². The number of methoxy groups -OCH3 is 1. The zero-order valence-electron chi connectivity index (χ0n) is 19.0. The lowest BCUT2D eigenvalue weighted by atomic mass is 9.88. The average molecular weight is 466 g/mol. The molecular weight excluding hydrogens is 438 g/mol. The molecule has 1 aromatic carbocycles. The van der Waals surface area contributed by atoms with Crippen LogP contribution in [-0.2, 0) is 11.3 Å². The molecular formula is C22H27N9O3. The number of ether oxygens (including phenoxy) is 1. The summed E-state index contributed by atoms with van der Waals surface area (Å²) < 4.78 is 8.89. The third-order valence-corrected chi connectivity index (χ3v) is 6.39. The normalized spacial score (nSPS) is 20.9. The lowest BCUT2D eigenvalue weighted by Crippen LogP contribution is -2.54. The number of aromatic nitrogens is 6. The number of nitrogen functional groups attached to an aromatic ring is 2. The van der Waals surface area contributed by atoms with Crippen molar-refractivity contribution < 1.29 is 14.6 Å². The zero-order chi connectivity index (χ0) is 24.0. The van der Waals surface area contributed by atoms with E-state index in [1.54, 1.807) is 48.3 Å². The van der Waals surface area contributed by atoms with Gasteiger partial charge in [-0.15, -0.1) is 0 Å². The van der Waals surface area contributed by atoms with Crippen molar-refractivity contribution >= 4 is 39.9 Å². The second-order valence-electron chi connectivity index (χ2n) is 8.81. The summed E-state index contributed by atoms with van der Waals surface area (Å²) in [6.07, 6.45) is 3.83. The van der Waals surface area contributed by atoms with Crippen LogP contribution in [0.25, 0.3) is 22.2 Å². The molecule has 3 aromatic heterocycles. The predicted octanol–water partition coefficient (Wildman–Crippen LogP) is 0.825. The van der Waals surface area contributed by atoms with Crippen LogP contribution in [0.15, 0.2) is 30.9 Å². The van der Waals surface area contributed by atoms with Crippen LogP contribution in [0.1, 0.15) is 29.7 Å². The molecule has 5 rings (SSSR count). The van der Waals surface area contributed by atoms with Crippen molar-refractivity contribution in [2.75, 3.05) is 38.3 Å². The van der Waals surface area contributed by atoms with Gasteiger partial charge in [0.15, 0.2) is 11.5 Å². The van der Waals surface area contributed by atoms with Gasteiger partial charge < -0.3 is 35.3 Å². The number of hydrogen-bond donors (Lipinski definition) is 3. The summed E-state index contributed by atoms with van der Waals surface area (Å²) in [4.78, 5) is 31.9. The monoisotopic (exact) mass is 465 g/mol. The van der Waals surface area contributed by atoms with Crippen molar-refractivity contribution in [2.24, 2.45) is 0 Å². The minimum Gasteiger partial charge on any atom is -0.386 e. The molecule has 4 aromatic rings. The number of anilines is 2. The number of hydrogen-bond acceptors (Lipinski definition) is 9. The van der Waals surface area contributed by atoms with Crippen molar-refractivity contribution in [3.05, 3.63) is 36.4 Å². The van der Waals surface area contributed by atoms with E-state index in [0.29, 0.717) is 42.8 Å². The number of amides is 1. The molecule has 12 heteroatoms. The molecule has 0 aliphatic carbocycles. The average Bonchev–Trinajstić information content (AvgIpc) is 3.40. The topological polar surface area (TPSA) is 163 Å². The fraction of sp³-hybridized carbons (Fsp3) is 0.409. The summed E-state index contributed by atoms with van der Waals surface area (Å²) in [5.74, 6) is 0.0750. The minimum atomic E-state index is -1.23. The summed E-state index contributed by atoms with van der Waals surface area (Å²) in [6, 6.07) is 5.10. The molecule has 12 nitrogen and oxygen atoms in total. The number of fused-ring (bicyclic) bond motifs is 2. The molecule has 0 bridgehead atoms. The van der Waals surface area contributed by atoms with Gasteiger partial charge in [0, 0.05) is 25.8 Å². The largest absolute Gasteiger partial charge is 0.386 e. The molecule has 0 unspecified atom stereocenters. The Kier molecular flexibility index (Phi) is 5.33. The molecule has 34 heavy (non-hydrogen) atoms. The van der Waals surface area contributed by atoms with Gasteiger partial charge in [-0.1, -0.05) is 0 Å². The third-order valence-electron chi connectivity index (χ3n) is 6.39. The number of likely N-dealkylation sites (tertiary alicyclic amines) is 1. The number of aliphatic hydroxyl groups is 1. The van der Waals surface area contributed by atoms with Gasteiger partial charge in [-0.3, -0.25) is 4.79 Å². The highest BCUT2D eigenvalue weighted by Crippen LogP contribution is 2.35. The van der Waals surface area contributed by atoms with Crippen molar-refractivity contribution in [1.29, 1.82) is 0 Å². The Hall–Kier alpha value is -3.77. The Morgan fingerprint density at radius 2 is 2.09 bits per heavy atom. The number of imidazole rings is 2. The number of benzene rings is 1. The quantitative estimate of drug-likeness (QED) is 0.387. The second kappa shape index (κ2) is 8.22. The number of β-amino-alcohol motifs (C(OH)–C–C–N with tert-alkyl or cyclic N) is 1. The fourth-order valence-corrected chi connectivity index (χ4v) is 4.70. The van der Waals surface area contributed by atoms with Crippen LogP contribution in [0.5, 0.6) is 0 Å². The van der Waals surface area contributed by atoms with Gasteiger partial charge in [-0.05, 0) is 31.5 Å². The maximum atomic E-state index is 13.3. The number of nitrogens with two attached hydrogens (primary N) is 2. The molecule has 0 spiro atoms. The van der Waals surface area contributed by atoms with Gasteiger partial charge in [-0.2, -0.15) is 9.97 Å². The lowest BCUT2D eigenvalue weighted by Gasteiger charge is -2.43. The minimum absolute atomic E-state index is 0.0408. The molecule has 1 amide bonds. The van der Waals surface area contributed by atoms with Crippen LogP contribution in [0.2, 0.25) is 0 Å². The zero-order valence-corrected chi connectivity index (χ0v) is 19.0. The van der Waals surface area contributed by atoms with E-state index in [0.717, 1.165) is 11.0 Å². The molecule has 5 N–H and O–H groups in total. The van der Waals surface area contributed by atoms with Gasteiger partial charge >= 0.3 is 0 Å².